The van der Waals surface area contributed by atoms with Gasteiger partial charge in [0.05, 0.1) is 11.0 Å². The molecule has 45 heavy (non-hydrogen) atoms. The molecule has 0 amide bonds. The van der Waals surface area contributed by atoms with Crippen molar-refractivity contribution in [1.29, 1.82) is 0 Å². The molecule has 0 saturated heterocycles. The number of fused-ring (bicyclic) bond motifs is 6. The van der Waals surface area contributed by atoms with Crippen molar-refractivity contribution < 1.29 is 4.42 Å². The second-order valence-electron chi connectivity index (χ2n) is 11.7. The summed E-state index contributed by atoms with van der Waals surface area (Å²) < 4.78 is 8.93. The summed E-state index contributed by atoms with van der Waals surface area (Å²) in [5.41, 5.74) is 5.44. The van der Waals surface area contributed by atoms with Crippen LogP contribution < -0.4 is 20.7 Å². The normalized spacial score (nSPS) is 12.0. The Balaban J connectivity index is 1.48. The summed E-state index contributed by atoms with van der Waals surface area (Å²) in [4.78, 5) is 0. The van der Waals surface area contributed by atoms with E-state index >= 15 is 0 Å². The third-order valence-corrected chi connectivity index (χ3v) is 14.1. The molecule has 0 N–H and O–H groups in total. The van der Waals surface area contributed by atoms with Gasteiger partial charge in [-0.1, -0.05) is 140 Å². The van der Waals surface area contributed by atoms with Crippen molar-refractivity contribution in [1.82, 2.24) is 4.57 Å². The van der Waals surface area contributed by atoms with E-state index in [4.69, 9.17) is 4.42 Å². The van der Waals surface area contributed by atoms with Crippen LogP contribution in [0.5, 0.6) is 0 Å². The maximum absolute atomic E-state index is 6.50. The molecule has 0 unspecified atom stereocenters. The van der Waals surface area contributed by atoms with E-state index in [1.54, 1.807) is 0 Å². The summed E-state index contributed by atoms with van der Waals surface area (Å²) in [6, 6.07) is 64.2. The van der Waals surface area contributed by atoms with Crippen LogP contribution in [0.15, 0.2) is 180 Å². The summed E-state index contributed by atoms with van der Waals surface area (Å²) in [6.45, 7) is 0. The lowest BCUT2D eigenvalue weighted by Crippen LogP contribution is -2.74. The van der Waals surface area contributed by atoms with E-state index in [1.165, 1.54) is 47.9 Å². The molecule has 7 aromatic carbocycles. The van der Waals surface area contributed by atoms with Gasteiger partial charge in [0.1, 0.15) is 11.2 Å². The molecular formula is C42H29NOSi. The molecule has 2 aromatic heterocycles. The van der Waals surface area contributed by atoms with E-state index in [9.17, 15) is 0 Å². The molecule has 9 rings (SSSR count). The highest BCUT2D eigenvalue weighted by molar-refractivity contribution is 7.20. The van der Waals surface area contributed by atoms with Crippen LogP contribution in [-0.2, 0) is 0 Å². The molecule has 0 spiro atoms. The number of hydrogen-bond acceptors (Lipinski definition) is 1. The average Bonchev–Trinajstić information content (AvgIpc) is 3.66. The van der Waals surface area contributed by atoms with Crippen molar-refractivity contribution in [2.24, 2.45) is 0 Å². The zero-order valence-corrected chi connectivity index (χ0v) is 25.6. The minimum Gasteiger partial charge on any atom is -0.456 e. The molecule has 0 aliphatic heterocycles. The lowest BCUT2D eigenvalue weighted by atomic mass is 10.1. The number of hydrogen-bond donors (Lipinski definition) is 0. The molecule has 2 heterocycles. The van der Waals surface area contributed by atoms with Gasteiger partial charge in [-0.05, 0) is 57.1 Å². The van der Waals surface area contributed by atoms with Crippen LogP contribution in [0, 0.1) is 0 Å². The first kappa shape index (κ1) is 25.8. The Morgan fingerprint density at radius 3 is 1.71 bits per heavy atom. The molecule has 0 radical (unpaired) electrons. The van der Waals surface area contributed by atoms with Gasteiger partial charge in [0.15, 0.2) is 8.07 Å². The minimum absolute atomic E-state index is 0.920. The number of rotatable bonds is 5. The molecule has 3 heteroatoms. The van der Waals surface area contributed by atoms with Crippen molar-refractivity contribution in [2.45, 2.75) is 0 Å². The largest absolute Gasteiger partial charge is 0.456 e. The zero-order valence-electron chi connectivity index (χ0n) is 24.6. The number of furan rings is 1. The predicted molar refractivity (Wildman–Crippen MR) is 192 cm³/mol. The fourth-order valence-electron chi connectivity index (χ4n) is 7.49. The number of para-hydroxylation sites is 3. The van der Waals surface area contributed by atoms with Crippen LogP contribution in [0.1, 0.15) is 0 Å². The van der Waals surface area contributed by atoms with E-state index in [1.807, 2.05) is 0 Å². The molecule has 0 atom stereocenters. The number of benzene rings is 7. The Hall–Kier alpha value is -5.64. The van der Waals surface area contributed by atoms with Crippen LogP contribution in [-0.4, -0.2) is 12.6 Å². The van der Waals surface area contributed by atoms with Gasteiger partial charge in [0.2, 0.25) is 0 Å². The number of aromatic nitrogens is 1. The Morgan fingerprint density at radius 1 is 0.400 bits per heavy atom. The molecular weight excluding hydrogens is 563 g/mol. The first-order valence-corrected chi connectivity index (χ1v) is 17.4. The first-order chi connectivity index (χ1) is 22.3. The molecule has 212 valence electrons. The fraction of sp³-hybridized carbons (Fsp3) is 0. The maximum Gasteiger partial charge on any atom is 0.180 e. The summed E-state index contributed by atoms with van der Waals surface area (Å²) >= 11 is 0. The van der Waals surface area contributed by atoms with Gasteiger partial charge in [0.25, 0.3) is 0 Å². The van der Waals surface area contributed by atoms with E-state index in [0.717, 1.165) is 22.2 Å². The third kappa shape index (κ3) is 3.81. The summed E-state index contributed by atoms with van der Waals surface area (Å²) in [5.74, 6) is 0. The molecule has 0 bridgehead atoms. The van der Waals surface area contributed by atoms with E-state index in [0.29, 0.717) is 0 Å². The van der Waals surface area contributed by atoms with E-state index in [-0.39, 0.29) is 0 Å². The summed E-state index contributed by atoms with van der Waals surface area (Å²) in [6.07, 6.45) is 0. The van der Waals surface area contributed by atoms with Crippen LogP contribution in [0.4, 0.5) is 0 Å². The highest BCUT2D eigenvalue weighted by Crippen LogP contribution is 2.33. The smallest absolute Gasteiger partial charge is 0.180 e. The van der Waals surface area contributed by atoms with E-state index < -0.39 is 8.07 Å². The van der Waals surface area contributed by atoms with Crippen molar-refractivity contribution >= 4 is 72.6 Å². The molecule has 9 aromatic rings. The molecule has 0 aliphatic carbocycles. The van der Waals surface area contributed by atoms with E-state index in [2.05, 4.69) is 180 Å². The van der Waals surface area contributed by atoms with Crippen molar-refractivity contribution in [3.63, 3.8) is 0 Å². The fourth-order valence-corrected chi connectivity index (χ4v) is 12.5. The SMILES string of the molecule is c1ccc(-n2c3ccccc3c3ccc([Si](c4ccccc4)(c4ccccc4)c4cccc5oc6ccccc6c45)cc32)cc1. The highest BCUT2D eigenvalue weighted by atomic mass is 28.3. The predicted octanol–water partition coefficient (Wildman–Crippen LogP) is 8.06. The van der Waals surface area contributed by atoms with Crippen molar-refractivity contribution in [2.75, 3.05) is 0 Å². The Bertz CT molecular complexity index is 2440. The van der Waals surface area contributed by atoms with Gasteiger partial charge in [0, 0.05) is 27.2 Å². The third-order valence-electron chi connectivity index (χ3n) is 9.34. The van der Waals surface area contributed by atoms with Gasteiger partial charge in [-0.3, -0.25) is 0 Å². The topological polar surface area (TPSA) is 18.1 Å². The van der Waals surface area contributed by atoms with Crippen LogP contribution in [0.3, 0.4) is 0 Å². The lowest BCUT2D eigenvalue weighted by Gasteiger charge is -2.35. The van der Waals surface area contributed by atoms with Gasteiger partial charge < -0.3 is 8.98 Å². The maximum atomic E-state index is 6.50. The second-order valence-corrected chi connectivity index (χ2v) is 15.4. The van der Waals surface area contributed by atoms with Crippen molar-refractivity contribution in [3.8, 4) is 5.69 Å². The molecule has 2 nitrogen and oxygen atoms in total. The van der Waals surface area contributed by atoms with Gasteiger partial charge in [-0.25, -0.2) is 0 Å². The van der Waals surface area contributed by atoms with Gasteiger partial charge in [-0.15, -0.1) is 0 Å². The quantitative estimate of drug-likeness (QED) is 0.146. The van der Waals surface area contributed by atoms with Gasteiger partial charge >= 0.3 is 0 Å². The zero-order chi connectivity index (χ0) is 29.8. The minimum atomic E-state index is -2.91. The second kappa shape index (κ2) is 10.2. The summed E-state index contributed by atoms with van der Waals surface area (Å²) in [7, 11) is -2.91. The monoisotopic (exact) mass is 591 g/mol. The molecule has 0 saturated carbocycles. The standard InChI is InChI=1S/C42H29NOSi/c1-4-15-30(16-5-1)43-37-23-12-10-21-34(37)35-28-27-33(29-38(35)43)45(31-17-6-2-7-18-31,32-19-8-3-9-20-32)41-26-14-25-40-42(41)36-22-11-13-24-39(36)44-40/h1-29H. The number of nitrogens with zero attached hydrogens (tertiary/aromatic N) is 1. The Kier molecular flexibility index (Phi) is 5.87. The van der Waals surface area contributed by atoms with Crippen LogP contribution >= 0.6 is 0 Å². The highest BCUT2D eigenvalue weighted by Gasteiger charge is 2.43. The van der Waals surface area contributed by atoms with Crippen molar-refractivity contribution in [3.05, 3.63) is 176 Å². The molecule has 0 fully saturated rings. The molecule has 0 aliphatic rings. The Labute approximate surface area is 262 Å². The lowest BCUT2D eigenvalue weighted by molar-refractivity contribution is 0.669. The van der Waals surface area contributed by atoms with Gasteiger partial charge in [-0.2, -0.15) is 0 Å². The average molecular weight is 592 g/mol. The first-order valence-electron chi connectivity index (χ1n) is 15.4. The van der Waals surface area contributed by atoms with Crippen LogP contribution in [0.2, 0.25) is 0 Å². The van der Waals surface area contributed by atoms with Crippen LogP contribution in [0.25, 0.3) is 49.4 Å². The Morgan fingerprint density at radius 2 is 0.978 bits per heavy atom. The summed E-state index contributed by atoms with van der Waals surface area (Å²) in [5, 5.41) is 10.2.